The molecule has 67 heavy (non-hydrogen) atoms. The van der Waals surface area contributed by atoms with Gasteiger partial charge in [0.1, 0.15) is 22.6 Å². The summed E-state index contributed by atoms with van der Waals surface area (Å²) in [4.78, 5) is 0. The van der Waals surface area contributed by atoms with Crippen molar-refractivity contribution in [2.24, 2.45) is 0 Å². The van der Waals surface area contributed by atoms with Crippen molar-refractivity contribution in [3.63, 3.8) is 0 Å². The predicted octanol–water partition coefficient (Wildman–Crippen LogP) is 16.8. The van der Waals surface area contributed by atoms with Crippen LogP contribution in [-0.4, -0.2) is 15.4 Å². The van der Waals surface area contributed by atoms with Crippen molar-refractivity contribution in [1.82, 2.24) is 15.4 Å². The summed E-state index contributed by atoms with van der Waals surface area (Å²) in [6.07, 6.45) is 0. The lowest BCUT2D eigenvalue weighted by Gasteiger charge is -2.24. The summed E-state index contributed by atoms with van der Waals surface area (Å²) >= 11 is 0. The zero-order valence-electron chi connectivity index (χ0n) is 36.4. The van der Waals surface area contributed by atoms with Crippen molar-refractivity contribution >= 4 is 21.9 Å². The second kappa shape index (κ2) is 17.2. The molecule has 4 nitrogen and oxygen atoms in total. The molecule has 0 fully saturated rings. The van der Waals surface area contributed by atoms with Gasteiger partial charge in [0.15, 0.2) is 0 Å². The topological polar surface area (TPSA) is 51.8 Å². The maximum atomic E-state index is 6.65. The minimum absolute atomic E-state index is 0.715. The zero-order valence-corrected chi connectivity index (χ0v) is 36.4. The summed E-state index contributed by atoms with van der Waals surface area (Å²) in [5.41, 5.74) is 19.6. The standard InChI is InChI=1S/C63H41N3O/c1-5-22-42(23-6-1)46-30-13-16-33-50(46)52-41-40-49(45-28-11-4-12-29-45)59(55-37-21-39-57-58(55)54-36-19-20-38-56(54)67-57)60(52)63-61(51-34-17-14-31-47(51)43-24-7-2-8-25-43)62(64-66-65-63)53-35-18-15-32-48(53)44-26-9-3-10-27-44/h1-41H. The number of benzene rings is 10. The lowest BCUT2D eigenvalue weighted by Crippen LogP contribution is -2.05. The van der Waals surface area contributed by atoms with E-state index in [-0.39, 0.29) is 0 Å². The van der Waals surface area contributed by atoms with Crippen molar-refractivity contribution in [3.05, 3.63) is 249 Å². The van der Waals surface area contributed by atoms with E-state index in [9.17, 15) is 0 Å². The normalized spacial score (nSPS) is 11.3. The molecule has 0 spiro atoms. The van der Waals surface area contributed by atoms with Gasteiger partial charge in [0.05, 0.1) is 0 Å². The highest BCUT2D eigenvalue weighted by atomic mass is 16.3. The Bertz CT molecular complexity index is 3730. The molecule has 12 rings (SSSR count). The number of hydrogen-bond donors (Lipinski definition) is 0. The van der Waals surface area contributed by atoms with Gasteiger partial charge in [-0.3, -0.25) is 0 Å². The molecule has 2 aromatic heterocycles. The Morgan fingerprint density at radius 2 is 0.657 bits per heavy atom. The summed E-state index contributed by atoms with van der Waals surface area (Å²) in [6.45, 7) is 0. The van der Waals surface area contributed by atoms with Crippen LogP contribution in [-0.2, 0) is 0 Å². The minimum atomic E-state index is 0.715. The molecular formula is C63H41N3O. The molecule has 0 aliphatic rings. The Hall–Kier alpha value is -8.99. The van der Waals surface area contributed by atoms with Gasteiger partial charge >= 0.3 is 0 Å². The molecule has 314 valence electrons. The number of para-hydroxylation sites is 1. The lowest BCUT2D eigenvalue weighted by molar-refractivity contribution is 0.669. The van der Waals surface area contributed by atoms with Crippen molar-refractivity contribution in [2.45, 2.75) is 0 Å². The molecule has 0 aliphatic carbocycles. The van der Waals surface area contributed by atoms with Crippen LogP contribution in [0.1, 0.15) is 0 Å². The first-order valence-corrected chi connectivity index (χ1v) is 22.6. The Kier molecular flexibility index (Phi) is 10.2. The Morgan fingerprint density at radius 3 is 1.27 bits per heavy atom. The van der Waals surface area contributed by atoms with Gasteiger partial charge in [0, 0.05) is 33.0 Å². The molecule has 4 heteroatoms. The molecule has 0 atom stereocenters. The van der Waals surface area contributed by atoms with Gasteiger partial charge in [-0.05, 0) is 84.1 Å². The van der Waals surface area contributed by atoms with Gasteiger partial charge in [-0.15, -0.1) is 10.2 Å². The number of aromatic nitrogens is 3. The molecule has 0 N–H and O–H groups in total. The van der Waals surface area contributed by atoms with E-state index in [1.165, 1.54) is 0 Å². The summed E-state index contributed by atoms with van der Waals surface area (Å²) < 4.78 is 6.65. The number of nitrogens with zero attached hydrogens (tertiary/aromatic N) is 3. The highest BCUT2D eigenvalue weighted by Gasteiger charge is 2.30. The molecule has 0 amide bonds. The molecule has 0 unspecified atom stereocenters. The molecule has 10 aromatic carbocycles. The first kappa shape index (κ1) is 39.6. The van der Waals surface area contributed by atoms with Crippen LogP contribution in [0.5, 0.6) is 0 Å². The molecule has 0 radical (unpaired) electrons. The SMILES string of the molecule is c1ccc(-c2ccccc2-c2ccc(-c3ccccc3)c(-c3cccc4oc5ccccc5c34)c2-c2nnnc(-c3ccccc3-c3ccccc3)c2-c2ccccc2-c2ccccc2)cc1. The molecule has 2 heterocycles. The number of rotatable bonds is 9. The van der Waals surface area contributed by atoms with E-state index in [4.69, 9.17) is 19.8 Å². The van der Waals surface area contributed by atoms with E-state index < -0.39 is 0 Å². The summed E-state index contributed by atoms with van der Waals surface area (Å²) in [6, 6.07) is 87.6. The molecular weight excluding hydrogens is 815 g/mol. The van der Waals surface area contributed by atoms with Crippen LogP contribution < -0.4 is 0 Å². The number of fused-ring (bicyclic) bond motifs is 3. The smallest absolute Gasteiger partial charge is 0.136 e. The van der Waals surface area contributed by atoms with E-state index in [1.54, 1.807) is 0 Å². The van der Waals surface area contributed by atoms with Crippen molar-refractivity contribution in [1.29, 1.82) is 0 Å². The van der Waals surface area contributed by atoms with Crippen molar-refractivity contribution in [2.75, 3.05) is 0 Å². The maximum Gasteiger partial charge on any atom is 0.136 e. The van der Waals surface area contributed by atoms with Gasteiger partial charge in [0.25, 0.3) is 0 Å². The fourth-order valence-corrected chi connectivity index (χ4v) is 9.85. The third-order valence-electron chi connectivity index (χ3n) is 12.8. The van der Waals surface area contributed by atoms with Crippen LogP contribution in [0.3, 0.4) is 0 Å². The van der Waals surface area contributed by atoms with Gasteiger partial charge in [-0.2, -0.15) is 0 Å². The molecule has 0 aliphatic heterocycles. The summed E-state index contributed by atoms with van der Waals surface area (Å²) in [5.74, 6) is 0. The van der Waals surface area contributed by atoms with Crippen LogP contribution in [0.15, 0.2) is 253 Å². The van der Waals surface area contributed by atoms with Gasteiger partial charge in [-0.25, -0.2) is 0 Å². The third-order valence-corrected chi connectivity index (χ3v) is 12.8. The average molecular weight is 856 g/mol. The molecule has 0 saturated heterocycles. The summed E-state index contributed by atoms with van der Waals surface area (Å²) in [7, 11) is 0. The second-order valence-electron chi connectivity index (χ2n) is 16.7. The van der Waals surface area contributed by atoms with Crippen LogP contribution in [0.2, 0.25) is 0 Å². The Labute approximate surface area is 389 Å². The first-order valence-electron chi connectivity index (χ1n) is 22.6. The zero-order chi connectivity index (χ0) is 44.5. The minimum Gasteiger partial charge on any atom is -0.456 e. The van der Waals surface area contributed by atoms with E-state index in [0.29, 0.717) is 5.69 Å². The lowest BCUT2D eigenvalue weighted by atomic mass is 9.79. The molecule has 0 bridgehead atoms. The number of hydrogen-bond acceptors (Lipinski definition) is 4. The van der Waals surface area contributed by atoms with Crippen LogP contribution in [0.4, 0.5) is 0 Å². The fourth-order valence-electron chi connectivity index (χ4n) is 9.85. The van der Waals surface area contributed by atoms with Crippen LogP contribution in [0.25, 0.3) is 122 Å². The largest absolute Gasteiger partial charge is 0.456 e. The first-order chi connectivity index (χ1) is 33.3. The second-order valence-corrected chi connectivity index (χ2v) is 16.7. The fraction of sp³-hybridized carbons (Fsp3) is 0. The van der Waals surface area contributed by atoms with E-state index >= 15 is 0 Å². The predicted molar refractivity (Wildman–Crippen MR) is 276 cm³/mol. The van der Waals surface area contributed by atoms with E-state index in [0.717, 1.165) is 117 Å². The molecule has 0 saturated carbocycles. The van der Waals surface area contributed by atoms with Gasteiger partial charge in [0.2, 0.25) is 0 Å². The highest BCUT2D eigenvalue weighted by Crippen LogP contribution is 2.53. The van der Waals surface area contributed by atoms with Crippen LogP contribution >= 0.6 is 0 Å². The van der Waals surface area contributed by atoms with Crippen molar-refractivity contribution in [3.8, 4) is 100 Å². The highest BCUT2D eigenvalue weighted by molar-refractivity contribution is 6.18. The Balaban J connectivity index is 1.30. The number of furan rings is 1. The maximum absolute atomic E-state index is 6.65. The molecule has 12 aromatic rings. The third kappa shape index (κ3) is 7.09. The van der Waals surface area contributed by atoms with E-state index in [2.05, 4.69) is 237 Å². The Morgan fingerprint density at radius 1 is 0.239 bits per heavy atom. The quantitative estimate of drug-likeness (QED) is 0.145. The monoisotopic (exact) mass is 855 g/mol. The van der Waals surface area contributed by atoms with Crippen molar-refractivity contribution < 1.29 is 4.42 Å². The average Bonchev–Trinajstić information content (AvgIpc) is 3.80. The van der Waals surface area contributed by atoms with Gasteiger partial charge in [-0.1, -0.05) is 237 Å². The van der Waals surface area contributed by atoms with E-state index in [1.807, 2.05) is 12.1 Å². The van der Waals surface area contributed by atoms with Crippen LogP contribution in [0, 0.1) is 0 Å². The van der Waals surface area contributed by atoms with Gasteiger partial charge < -0.3 is 4.42 Å². The summed E-state index contributed by atoms with van der Waals surface area (Å²) in [5, 5.41) is 17.3.